The average Bonchev–Trinajstić information content (AvgIpc) is 2.88. The minimum absolute atomic E-state index is 0.883. The summed E-state index contributed by atoms with van der Waals surface area (Å²) < 4.78 is 0. The van der Waals surface area contributed by atoms with Gasteiger partial charge in [-0.3, -0.25) is 0 Å². The molecule has 4 aromatic carbocycles. The van der Waals surface area contributed by atoms with Crippen molar-refractivity contribution in [1.82, 2.24) is 9.97 Å². The van der Waals surface area contributed by atoms with Crippen molar-refractivity contribution in [2.24, 2.45) is 0 Å². The van der Waals surface area contributed by atoms with E-state index < -0.39 is 0 Å². The SMILES string of the molecule is Cc1ccc(-c2cc(-c3cc(-c4ccc(C)cc4)c4ccccc4n3)nc3ccccc23)cc1. The Morgan fingerprint density at radius 2 is 0.824 bits per heavy atom. The van der Waals surface area contributed by atoms with Gasteiger partial charge in [-0.25, -0.2) is 9.97 Å². The van der Waals surface area contributed by atoms with E-state index in [0.717, 1.165) is 33.2 Å². The lowest BCUT2D eigenvalue weighted by atomic mass is 9.96. The molecule has 0 saturated heterocycles. The van der Waals surface area contributed by atoms with Crippen molar-refractivity contribution in [3.05, 3.63) is 120 Å². The van der Waals surface area contributed by atoms with E-state index in [4.69, 9.17) is 9.97 Å². The molecule has 0 fully saturated rings. The third-order valence-corrected chi connectivity index (χ3v) is 6.42. The fourth-order valence-corrected chi connectivity index (χ4v) is 4.56. The maximum Gasteiger partial charge on any atom is 0.0900 e. The first-order chi connectivity index (χ1) is 16.7. The summed E-state index contributed by atoms with van der Waals surface area (Å²) >= 11 is 0. The Kier molecular flexibility index (Phi) is 4.92. The predicted molar refractivity (Wildman–Crippen MR) is 143 cm³/mol. The van der Waals surface area contributed by atoms with Crippen LogP contribution in [-0.4, -0.2) is 9.97 Å². The van der Waals surface area contributed by atoms with Crippen molar-refractivity contribution in [1.29, 1.82) is 0 Å². The highest BCUT2D eigenvalue weighted by Gasteiger charge is 2.14. The van der Waals surface area contributed by atoms with Crippen LogP contribution in [0.2, 0.25) is 0 Å². The second-order valence-corrected chi connectivity index (χ2v) is 8.88. The van der Waals surface area contributed by atoms with Crippen molar-refractivity contribution >= 4 is 21.8 Å². The van der Waals surface area contributed by atoms with Crippen molar-refractivity contribution in [3.63, 3.8) is 0 Å². The number of aromatic nitrogens is 2. The predicted octanol–water partition coefficient (Wildman–Crippen LogP) is 8.40. The molecular weight excluding hydrogens is 412 g/mol. The molecule has 2 heterocycles. The summed E-state index contributed by atoms with van der Waals surface area (Å²) in [6.45, 7) is 4.23. The van der Waals surface area contributed by atoms with Crippen LogP contribution in [0, 0.1) is 13.8 Å². The highest BCUT2D eigenvalue weighted by molar-refractivity contribution is 5.99. The van der Waals surface area contributed by atoms with Gasteiger partial charge in [0.25, 0.3) is 0 Å². The topological polar surface area (TPSA) is 25.8 Å². The zero-order chi connectivity index (χ0) is 23.1. The molecule has 0 spiro atoms. The van der Waals surface area contributed by atoms with Crippen LogP contribution >= 0.6 is 0 Å². The first-order valence-corrected chi connectivity index (χ1v) is 11.6. The van der Waals surface area contributed by atoms with Gasteiger partial charge in [0.2, 0.25) is 0 Å². The number of rotatable bonds is 3. The Hall–Kier alpha value is -4.30. The standard InChI is InChI=1S/C32H24N2/c1-21-11-15-23(16-12-21)27-19-31(33-29-9-5-3-7-25(27)29)32-20-28(24-17-13-22(2)14-18-24)26-8-4-6-10-30(26)34-32/h3-20H,1-2H3. The van der Waals surface area contributed by atoms with Gasteiger partial charge in [0.15, 0.2) is 0 Å². The zero-order valence-electron chi connectivity index (χ0n) is 19.3. The van der Waals surface area contributed by atoms with Crippen LogP contribution in [-0.2, 0) is 0 Å². The molecule has 2 nitrogen and oxygen atoms in total. The van der Waals surface area contributed by atoms with Crippen molar-refractivity contribution in [3.8, 4) is 33.6 Å². The number of hydrogen-bond acceptors (Lipinski definition) is 2. The summed E-state index contributed by atoms with van der Waals surface area (Å²) in [4.78, 5) is 10.1. The van der Waals surface area contributed by atoms with Gasteiger partial charge < -0.3 is 0 Å². The second-order valence-electron chi connectivity index (χ2n) is 8.88. The molecule has 0 aliphatic heterocycles. The van der Waals surface area contributed by atoms with Gasteiger partial charge in [-0.1, -0.05) is 96.1 Å². The molecule has 6 rings (SSSR count). The van der Waals surface area contributed by atoms with Crippen molar-refractivity contribution in [2.75, 3.05) is 0 Å². The van der Waals surface area contributed by atoms with E-state index in [0.29, 0.717) is 0 Å². The first-order valence-electron chi connectivity index (χ1n) is 11.6. The molecule has 0 aliphatic rings. The van der Waals surface area contributed by atoms with Crippen LogP contribution in [0.1, 0.15) is 11.1 Å². The molecule has 2 heteroatoms. The Balaban J connectivity index is 1.62. The average molecular weight is 437 g/mol. The summed E-state index contributed by atoms with van der Waals surface area (Å²) in [5.74, 6) is 0. The molecule has 0 atom stereocenters. The smallest absolute Gasteiger partial charge is 0.0900 e. The first kappa shape index (κ1) is 20.3. The maximum atomic E-state index is 5.04. The van der Waals surface area contributed by atoms with E-state index in [9.17, 15) is 0 Å². The Morgan fingerprint density at radius 1 is 0.441 bits per heavy atom. The number of benzene rings is 4. The highest BCUT2D eigenvalue weighted by Crippen LogP contribution is 2.35. The zero-order valence-corrected chi connectivity index (χ0v) is 19.3. The third kappa shape index (κ3) is 3.64. The van der Waals surface area contributed by atoms with Crippen LogP contribution in [0.3, 0.4) is 0 Å². The van der Waals surface area contributed by atoms with Crippen LogP contribution in [0.25, 0.3) is 55.4 Å². The van der Waals surface area contributed by atoms with Crippen LogP contribution in [0.4, 0.5) is 0 Å². The molecule has 34 heavy (non-hydrogen) atoms. The Morgan fingerprint density at radius 3 is 1.24 bits per heavy atom. The number of aryl methyl sites for hydroxylation is 2. The van der Waals surface area contributed by atoms with Crippen molar-refractivity contribution in [2.45, 2.75) is 13.8 Å². The lowest BCUT2D eigenvalue weighted by molar-refractivity contribution is 1.32. The van der Waals surface area contributed by atoms with E-state index in [2.05, 4.69) is 111 Å². The Labute approximate surface area is 199 Å². The molecule has 0 radical (unpaired) electrons. The van der Waals surface area contributed by atoms with Gasteiger partial charge in [-0.05, 0) is 60.4 Å². The molecule has 0 N–H and O–H groups in total. The molecule has 162 valence electrons. The number of hydrogen-bond donors (Lipinski definition) is 0. The molecule has 6 aromatic rings. The number of para-hydroxylation sites is 2. The minimum Gasteiger partial charge on any atom is -0.246 e. The monoisotopic (exact) mass is 436 g/mol. The second kappa shape index (κ2) is 8.24. The molecule has 0 bridgehead atoms. The molecule has 0 amide bonds. The summed E-state index contributed by atoms with van der Waals surface area (Å²) in [6, 6.07) is 38.5. The molecule has 0 unspecified atom stereocenters. The van der Waals surface area contributed by atoms with E-state index in [1.54, 1.807) is 0 Å². The molecule has 0 aliphatic carbocycles. The molecular formula is C32H24N2. The normalized spacial score (nSPS) is 11.2. The summed E-state index contributed by atoms with van der Waals surface area (Å²) in [5.41, 5.74) is 10.9. The van der Waals surface area contributed by atoms with E-state index >= 15 is 0 Å². The van der Waals surface area contributed by atoms with E-state index in [1.807, 2.05) is 12.1 Å². The minimum atomic E-state index is 0.883. The van der Waals surface area contributed by atoms with E-state index in [1.165, 1.54) is 33.4 Å². The van der Waals surface area contributed by atoms with Crippen molar-refractivity contribution < 1.29 is 0 Å². The van der Waals surface area contributed by atoms with E-state index in [-0.39, 0.29) is 0 Å². The summed E-state index contributed by atoms with van der Waals surface area (Å²) in [5, 5.41) is 2.30. The van der Waals surface area contributed by atoms with Gasteiger partial charge in [-0.2, -0.15) is 0 Å². The largest absolute Gasteiger partial charge is 0.246 e. The summed E-state index contributed by atoms with van der Waals surface area (Å²) in [7, 11) is 0. The molecule has 0 saturated carbocycles. The lowest BCUT2D eigenvalue weighted by Crippen LogP contribution is -1.94. The fraction of sp³-hybridized carbons (Fsp3) is 0.0625. The van der Waals surface area contributed by atoms with Gasteiger partial charge in [-0.15, -0.1) is 0 Å². The summed E-state index contributed by atoms with van der Waals surface area (Å²) in [6.07, 6.45) is 0. The van der Waals surface area contributed by atoms with Gasteiger partial charge in [0.05, 0.1) is 22.4 Å². The quantitative estimate of drug-likeness (QED) is 0.278. The van der Waals surface area contributed by atoms with Gasteiger partial charge >= 0.3 is 0 Å². The molecule has 2 aromatic heterocycles. The van der Waals surface area contributed by atoms with Crippen LogP contribution in [0.15, 0.2) is 109 Å². The van der Waals surface area contributed by atoms with Gasteiger partial charge in [0.1, 0.15) is 0 Å². The fourth-order valence-electron chi connectivity index (χ4n) is 4.56. The Bertz CT molecular complexity index is 1520. The number of fused-ring (bicyclic) bond motifs is 2. The lowest BCUT2D eigenvalue weighted by Gasteiger charge is -2.13. The third-order valence-electron chi connectivity index (χ3n) is 6.42. The van der Waals surface area contributed by atoms with Crippen LogP contribution < -0.4 is 0 Å². The van der Waals surface area contributed by atoms with Crippen LogP contribution in [0.5, 0.6) is 0 Å². The highest BCUT2D eigenvalue weighted by atomic mass is 14.8. The van der Waals surface area contributed by atoms with Gasteiger partial charge in [0, 0.05) is 10.8 Å². The maximum absolute atomic E-state index is 5.04. The number of nitrogens with zero attached hydrogens (tertiary/aromatic N) is 2. The number of pyridine rings is 2.